The maximum atomic E-state index is 13.7. The Bertz CT molecular complexity index is 871. The SMILES string of the molecule is Fc1cc2nc(-c3ccc(Br)cc3Cl)nc(Cl)c2cc1Br. The molecule has 2 aromatic carbocycles. The summed E-state index contributed by atoms with van der Waals surface area (Å²) < 4.78 is 14.8. The third kappa shape index (κ3) is 2.93. The Kier molecular flexibility index (Phi) is 4.19. The van der Waals surface area contributed by atoms with Gasteiger partial charge in [-0.15, -0.1) is 0 Å². The molecule has 21 heavy (non-hydrogen) atoms. The first-order valence-electron chi connectivity index (χ1n) is 5.73. The van der Waals surface area contributed by atoms with Crippen LogP contribution in [-0.2, 0) is 0 Å². The zero-order valence-corrected chi connectivity index (χ0v) is 14.9. The average molecular weight is 451 g/mol. The summed E-state index contributed by atoms with van der Waals surface area (Å²) in [6, 6.07) is 8.20. The van der Waals surface area contributed by atoms with E-state index in [9.17, 15) is 4.39 Å². The number of hydrogen-bond acceptors (Lipinski definition) is 2. The highest BCUT2D eigenvalue weighted by Gasteiger charge is 2.13. The summed E-state index contributed by atoms with van der Waals surface area (Å²) >= 11 is 18.8. The van der Waals surface area contributed by atoms with Gasteiger partial charge in [-0.25, -0.2) is 14.4 Å². The Morgan fingerprint density at radius 2 is 1.76 bits per heavy atom. The van der Waals surface area contributed by atoms with E-state index in [1.807, 2.05) is 6.07 Å². The lowest BCUT2D eigenvalue weighted by molar-refractivity contribution is 0.623. The van der Waals surface area contributed by atoms with Crippen molar-refractivity contribution in [3.8, 4) is 11.4 Å². The van der Waals surface area contributed by atoms with Crippen molar-refractivity contribution in [3.05, 3.63) is 55.3 Å². The normalized spacial score (nSPS) is 11.1. The molecule has 0 saturated heterocycles. The Morgan fingerprint density at radius 3 is 2.48 bits per heavy atom. The van der Waals surface area contributed by atoms with Crippen LogP contribution in [0.4, 0.5) is 4.39 Å². The molecule has 0 bridgehead atoms. The molecule has 1 heterocycles. The van der Waals surface area contributed by atoms with Crippen molar-refractivity contribution < 1.29 is 4.39 Å². The van der Waals surface area contributed by atoms with Crippen LogP contribution in [-0.4, -0.2) is 9.97 Å². The molecule has 0 unspecified atom stereocenters. The van der Waals surface area contributed by atoms with Gasteiger partial charge in [0.15, 0.2) is 5.82 Å². The summed E-state index contributed by atoms with van der Waals surface area (Å²) in [4.78, 5) is 8.59. The molecule has 2 nitrogen and oxygen atoms in total. The van der Waals surface area contributed by atoms with Crippen LogP contribution in [0.2, 0.25) is 10.2 Å². The molecule has 3 aromatic rings. The van der Waals surface area contributed by atoms with Crippen LogP contribution in [0.5, 0.6) is 0 Å². The van der Waals surface area contributed by atoms with E-state index in [1.165, 1.54) is 6.07 Å². The highest BCUT2D eigenvalue weighted by Crippen LogP contribution is 2.32. The van der Waals surface area contributed by atoms with E-state index >= 15 is 0 Å². The Balaban J connectivity index is 2.27. The Hall–Kier alpha value is -0.750. The minimum absolute atomic E-state index is 0.245. The van der Waals surface area contributed by atoms with Crippen LogP contribution < -0.4 is 0 Å². The fraction of sp³-hybridized carbons (Fsp3) is 0. The lowest BCUT2D eigenvalue weighted by atomic mass is 10.2. The molecule has 0 N–H and O–H groups in total. The van der Waals surface area contributed by atoms with E-state index in [-0.39, 0.29) is 5.15 Å². The first-order chi connectivity index (χ1) is 9.95. The minimum atomic E-state index is -0.412. The monoisotopic (exact) mass is 448 g/mol. The van der Waals surface area contributed by atoms with Crippen molar-refractivity contribution in [1.82, 2.24) is 9.97 Å². The fourth-order valence-corrected chi connectivity index (χ4v) is 3.21. The van der Waals surface area contributed by atoms with Gasteiger partial charge in [-0.1, -0.05) is 39.1 Å². The molecule has 0 aliphatic heterocycles. The van der Waals surface area contributed by atoms with Crippen molar-refractivity contribution in [3.63, 3.8) is 0 Å². The molecule has 0 saturated carbocycles. The highest BCUT2D eigenvalue weighted by atomic mass is 79.9. The standard InChI is InChI=1S/C14H5Br2Cl2FN2/c15-6-1-2-7(10(17)3-6)14-20-12-5-11(19)9(16)4-8(12)13(18)21-14/h1-5H. The second-order valence-corrected chi connectivity index (χ2v) is 6.78. The lowest BCUT2D eigenvalue weighted by Gasteiger charge is -2.07. The molecular formula is C14H5Br2Cl2FN2. The second-order valence-electron chi connectivity index (χ2n) is 4.25. The van der Waals surface area contributed by atoms with Crippen molar-refractivity contribution in [2.24, 2.45) is 0 Å². The minimum Gasteiger partial charge on any atom is -0.228 e. The summed E-state index contributed by atoms with van der Waals surface area (Å²) in [6.07, 6.45) is 0. The van der Waals surface area contributed by atoms with E-state index in [1.54, 1.807) is 18.2 Å². The van der Waals surface area contributed by atoms with E-state index in [4.69, 9.17) is 23.2 Å². The van der Waals surface area contributed by atoms with Gasteiger partial charge in [-0.05, 0) is 40.2 Å². The van der Waals surface area contributed by atoms with Crippen LogP contribution in [0, 0.1) is 5.82 Å². The topological polar surface area (TPSA) is 25.8 Å². The van der Waals surface area contributed by atoms with Crippen molar-refractivity contribution in [2.45, 2.75) is 0 Å². The van der Waals surface area contributed by atoms with Crippen molar-refractivity contribution in [1.29, 1.82) is 0 Å². The zero-order chi connectivity index (χ0) is 15.1. The third-order valence-corrected chi connectivity index (χ3v) is 4.57. The van der Waals surface area contributed by atoms with Gasteiger partial charge >= 0.3 is 0 Å². The Labute approximate surface area is 146 Å². The number of benzene rings is 2. The second kappa shape index (κ2) is 5.80. The number of halogens is 5. The van der Waals surface area contributed by atoms with E-state index in [0.717, 1.165) is 4.47 Å². The summed E-state index contributed by atoms with van der Waals surface area (Å²) in [5, 5.41) is 1.30. The molecule has 0 aliphatic rings. The van der Waals surface area contributed by atoms with Gasteiger partial charge in [0.2, 0.25) is 0 Å². The number of hydrogen-bond donors (Lipinski definition) is 0. The first kappa shape index (κ1) is 15.2. The molecule has 0 atom stereocenters. The van der Waals surface area contributed by atoms with Crippen LogP contribution in [0.15, 0.2) is 39.3 Å². The van der Waals surface area contributed by atoms with Gasteiger partial charge in [-0.2, -0.15) is 0 Å². The van der Waals surface area contributed by atoms with E-state index in [2.05, 4.69) is 41.8 Å². The summed E-state index contributed by atoms with van der Waals surface area (Å²) in [6.45, 7) is 0. The van der Waals surface area contributed by atoms with Crippen molar-refractivity contribution >= 4 is 66.0 Å². The van der Waals surface area contributed by atoms with Crippen LogP contribution >= 0.6 is 55.1 Å². The molecule has 0 aliphatic carbocycles. The molecule has 0 spiro atoms. The largest absolute Gasteiger partial charge is 0.228 e. The number of aromatic nitrogens is 2. The molecule has 1 aromatic heterocycles. The molecular weight excluding hydrogens is 446 g/mol. The van der Waals surface area contributed by atoms with Gasteiger partial charge in [0.1, 0.15) is 11.0 Å². The maximum Gasteiger partial charge on any atom is 0.162 e. The number of rotatable bonds is 1. The van der Waals surface area contributed by atoms with Crippen molar-refractivity contribution in [2.75, 3.05) is 0 Å². The summed E-state index contributed by atoms with van der Waals surface area (Å²) in [5.41, 5.74) is 1.05. The number of fused-ring (bicyclic) bond motifs is 1. The summed E-state index contributed by atoms with van der Waals surface area (Å²) in [5.74, 6) is -0.0585. The maximum absolute atomic E-state index is 13.7. The van der Waals surface area contributed by atoms with Crippen LogP contribution in [0.3, 0.4) is 0 Å². The quantitative estimate of drug-likeness (QED) is 0.408. The lowest BCUT2D eigenvalue weighted by Crippen LogP contribution is -1.94. The van der Waals surface area contributed by atoms with Gasteiger partial charge in [0.05, 0.1) is 15.0 Å². The smallest absolute Gasteiger partial charge is 0.162 e. The molecule has 0 fully saturated rings. The molecule has 0 radical (unpaired) electrons. The summed E-state index contributed by atoms with van der Waals surface area (Å²) in [7, 11) is 0. The van der Waals surface area contributed by atoms with Gasteiger partial charge in [-0.3, -0.25) is 0 Å². The predicted molar refractivity (Wildman–Crippen MR) is 90.4 cm³/mol. The van der Waals surface area contributed by atoms with Crippen LogP contribution in [0.1, 0.15) is 0 Å². The molecule has 106 valence electrons. The average Bonchev–Trinajstić information content (AvgIpc) is 2.41. The zero-order valence-electron chi connectivity index (χ0n) is 10.2. The number of nitrogens with zero attached hydrogens (tertiary/aromatic N) is 2. The Morgan fingerprint density at radius 1 is 1.00 bits per heavy atom. The van der Waals surface area contributed by atoms with E-state index in [0.29, 0.717) is 31.8 Å². The fourth-order valence-electron chi connectivity index (χ4n) is 1.88. The first-order valence-corrected chi connectivity index (χ1v) is 8.07. The van der Waals surface area contributed by atoms with E-state index < -0.39 is 5.82 Å². The van der Waals surface area contributed by atoms with Gasteiger partial charge in [0.25, 0.3) is 0 Å². The predicted octanol–water partition coefficient (Wildman–Crippen LogP) is 6.27. The molecule has 7 heteroatoms. The van der Waals surface area contributed by atoms with Gasteiger partial charge < -0.3 is 0 Å². The van der Waals surface area contributed by atoms with Gasteiger partial charge in [0, 0.05) is 21.5 Å². The van der Waals surface area contributed by atoms with Crippen LogP contribution in [0.25, 0.3) is 22.3 Å². The molecule has 3 rings (SSSR count). The third-order valence-electron chi connectivity index (χ3n) is 2.86. The highest BCUT2D eigenvalue weighted by molar-refractivity contribution is 9.10. The molecule has 0 amide bonds.